The molecule has 0 spiro atoms. The summed E-state index contributed by atoms with van der Waals surface area (Å²) in [5, 5.41) is 14.2. The third-order valence-electron chi connectivity index (χ3n) is 2.81. The van der Waals surface area contributed by atoms with Gasteiger partial charge < -0.3 is 15.7 Å². The fraction of sp³-hybridized carbons (Fsp3) is 0.833. The minimum Gasteiger partial charge on any atom is -0.481 e. The Balaban J connectivity index is 4.18. The summed E-state index contributed by atoms with van der Waals surface area (Å²) in [7, 11) is 0. The summed E-state index contributed by atoms with van der Waals surface area (Å²) >= 11 is 0. The maximum absolute atomic E-state index is 11.7. The summed E-state index contributed by atoms with van der Waals surface area (Å²) < 4.78 is 0. The minimum atomic E-state index is -0.895. The first kappa shape index (κ1) is 15.7. The van der Waals surface area contributed by atoms with E-state index in [1.54, 1.807) is 0 Å². The van der Waals surface area contributed by atoms with E-state index in [4.69, 9.17) is 5.11 Å². The monoisotopic (exact) mass is 244 g/mol. The van der Waals surface area contributed by atoms with Crippen LogP contribution in [0.3, 0.4) is 0 Å². The smallest absolute Gasteiger partial charge is 0.315 e. The maximum atomic E-state index is 11.7. The second-order valence-electron chi connectivity index (χ2n) is 4.58. The van der Waals surface area contributed by atoms with Gasteiger partial charge in [0.05, 0.1) is 6.42 Å². The van der Waals surface area contributed by atoms with Crippen LogP contribution in [0.2, 0.25) is 0 Å². The summed E-state index contributed by atoms with van der Waals surface area (Å²) in [6.07, 6.45) is 1.43. The lowest BCUT2D eigenvalue weighted by atomic mass is 10.0. The van der Waals surface area contributed by atoms with Gasteiger partial charge >= 0.3 is 12.0 Å². The molecule has 0 aromatic rings. The molecule has 0 aliphatic rings. The van der Waals surface area contributed by atoms with Crippen molar-refractivity contribution in [2.24, 2.45) is 5.92 Å². The number of carboxylic acid groups (broad SMARTS) is 1. The topological polar surface area (TPSA) is 78.4 Å². The Kier molecular flexibility index (Phi) is 7.34. The van der Waals surface area contributed by atoms with Gasteiger partial charge in [-0.25, -0.2) is 4.79 Å². The van der Waals surface area contributed by atoms with Crippen LogP contribution in [0.25, 0.3) is 0 Å². The molecule has 0 aromatic carbocycles. The predicted molar refractivity (Wildman–Crippen MR) is 66.9 cm³/mol. The molecule has 0 fully saturated rings. The third-order valence-corrected chi connectivity index (χ3v) is 2.81. The van der Waals surface area contributed by atoms with E-state index in [0.29, 0.717) is 12.3 Å². The Hall–Kier alpha value is -1.26. The Morgan fingerprint density at radius 1 is 1.12 bits per heavy atom. The predicted octanol–water partition coefficient (Wildman–Crippen LogP) is 1.97. The molecule has 2 unspecified atom stereocenters. The number of carbonyl (C=O) groups excluding carboxylic acids is 1. The highest BCUT2D eigenvalue weighted by atomic mass is 16.4. The van der Waals surface area contributed by atoms with Crippen molar-refractivity contribution in [3.05, 3.63) is 0 Å². The van der Waals surface area contributed by atoms with Gasteiger partial charge in [0.25, 0.3) is 0 Å². The Bertz CT molecular complexity index is 254. The van der Waals surface area contributed by atoms with Crippen LogP contribution in [0.15, 0.2) is 0 Å². The SMILES string of the molecule is CCC(CC(=O)O)NC(=O)NC(CC)C(C)C. The second-order valence-corrected chi connectivity index (χ2v) is 4.58. The van der Waals surface area contributed by atoms with Crippen molar-refractivity contribution < 1.29 is 14.7 Å². The van der Waals surface area contributed by atoms with Gasteiger partial charge in [0.15, 0.2) is 0 Å². The molecule has 0 heterocycles. The Morgan fingerprint density at radius 3 is 2.06 bits per heavy atom. The molecule has 0 rings (SSSR count). The van der Waals surface area contributed by atoms with E-state index in [1.807, 2.05) is 27.7 Å². The molecule has 3 N–H and O–H groups in total. The fourth-order valence-corrected chi connectivity index (χ4v) is 1.64. The van der Waals surface area contributed by atoms with Crippen molar-refractivity contribution in [1.82, 2.24) is 10.6 Å². The van der Waals surface area contributed by atoms with Gasteiger partial charge in [-0.2, -0.15) is 0 Å². The number of amides is 2. The van der Waals surface area contributed by atoms with Crippen molar-refractivity contribution in [2.45, 2.75) is 59.0 Å². The quantitative estimate of drug-likeness (QED) is 0.640. The van der Waals surface area contributed by atoms with Gasteiger partial charge in [-0.05, 0) is 18.8 Å². The number of aliphatic carboxylic acids is 1. The molecular weight excluding hydrogens is 220 g/mol. The van der Waals surface area contributed by atoms with Crippen LogP contribution in [-0.2, 0) is 4.79 Å². The summed E-state index contributed by atoms with van der Waals surface area (Å²) in [6, 6.07) is -0.465. The zero-order valence-electron chi connectivity index (χ0n) is 11.1. The van der Waals surface area contributed by atoms with Gasteiger partial charge in [0.1, 0.15) is 0 Å². The van der Waals surface area contributed by atoms with E-state index in [2.05, 4.69) is 10.6 Å². The number of urea groups is 1. The van der Waals surface area contributed by atoms with E-state index >= 15 is 0 Å². The lowest BCUT2D eigenvalue weighted by molar-refractivity contribution is -0.137. The zero-order chi connectivity index (χ0) is 13.4. The molecule has 5 heteroatoms. The molecule has 2 atom stereocenters. The molecule has 17 heavy (non-hydrogen) atoms. The molecule has 0 saturated carbocycles. The molecular formula is C12H24N2O3. The molecule has 2 amide bonds. The van der Waals surface area contributed by atoms with Crippen LogP contribution >= 0.6 is 0 Å². The van der Waals surface area contributed by atoms with Gasteiger partial charge in [-0.1, -0.05) is 27.7 Å². The molecule has 0 radical (unpaired) electrons. The molecule has 100 valence electrons. The standard InChI is InChI=1S/C12H24N2O3/c1-5-9(7-11(15)16)13-12(17)14-10(6-2)8(3)4/h8-10H,5-7H2,1-4H3,(H,15,16)(H2,13,14,17). The maximum Gasteiger partial charge on any atom is 0.315 e. The van der Waals surface area contributed by atoms with E-state index in [0.717, 1.165) is 6.42 Å². The van der Waals surface area contributed by atoms with Crippen molar-refractivity contribution in [3.63, 3.8) is 0 Å². The highest BCUT2D eigenvalue weighted by molar-refractivity contribution is 5.76. The number of carbonyl (C=O) groups is 2. The molecule has 0 bridgehead atoms. The highest BCUT2D eigenvalue weighted by Gasteiger charge is 2.17. The molecule has 0 saturated heterocycles. The fourth-order valence-electron chi connectivity index (χ4n) is 1.64. The van der Waals surface area contributed by atoms with E-state index in [9.17, 15) is 9.59 Å². The van der Waals surface area contributed by atoms with Crippen LogP contribution in [0.5, 0.6) is 0 Å². The minimum absolute atomic E-state index is 0.0393. The van der Waals surface area contributed by atoms with E-state index in [1.165, 1.54) is 0 Å². The van der Waals surface area contributed by atoms with Gasteiger partial charge in [-0.15, -0.1) is 0 Å². The van der Waals surface area contributed by atoms with Crippen LogP contribution in [0.4, 0.5) is 4.79 Å². The first-order chi connectivity index (χ1) is 7.90. The number of nitrogens with one attached hydrogen (secondary N) is 2. The van der Waals surface area contributed by atoms with Crippen LogP contribution in [0.1, 0.15) is 47.0 Å². The number of hydrogen-bond acceptors (Lipinski definition) is 2. The first-order valence-corrected chi connectivity index (χ1v) is 6.19. The average molecular weight is 244 g/mol. The molecule has 5 nitrogen and oxygen atoms in total. The second kappa shape index (κ2) is 7.92. The summed E-state index contributed by atoms with van der Waals surface area (Å²) in [5.74, 6) is -0.529. The number of rotatable bonds is 7. The van der Waals surface area contributed by atoms with Crippen molar-refractivity contribution in [1.29, 1.82) is 0 Å². The summed E-state index contributed by atoms with van der Waals surface area (Å²) in [5.41, 5.74) is 0. The van der Waals surface area contributed by atoms with E-state index in [-0.39, 0.29) is 24.5 Å². The largest absolute Gasteiger partial charge is 0.481 e. The molecule has 0 aliphatic carbocycles. The Labute approximate surface area is 103 Å². The van der Waals surface area contributed by atoms with E-state index < -0.39 is 5.97 Å². The number of hydrogen-bond donors (Lipinski definition) is 3. The lowest BCUT2D eigenvalue weighted by Gasteiger charge is -2.23. The first-order valence-electron chi connectivity index (χ1n) is 6.19. The van der Waals surface area contributed by atoms with Crippen LogP contribution in [0, 0.1) is 5.92 Å². The van der Waals surface area contributed by atoms with Crippen molar-refractivity contribution >= 4 is 12.0 Å². The van der Waals surface area contributed by atoms with Crippen LogP contribution in [-0.4, -0.2) is 29.2 Å². The average Bonchev–Trinajstić information content (AvgIpc) is 2.23. The summed E-state index contributed by atoms with van der Waals surface area (Å²) in [6.45, 7) is 7.96. The van der Waals surface area contributed by atoms with Gasteiger partial charge in [-0.3, -0.25) is 4.79 Å². The van der Waals surface area contributed by atoms with Crippen LogP contribution < -0.4 is 10.6 Å². The highest BCUT2D eigenvalue weighted by Crippen LogP contribution is 2.05. The normalized spacial score (nSPS) is 14.2. The van der Waals surface area contributed by atoms with Crippen molar-refractivity contribution in [3.8, 4) is 0 Å². The Morgan fingerprint density at radius 2 is 1.71 bits per heavy atom. The summed E-state index contributed by atoms with van der Waals surface area (Å²) in [4.78, 5) is 22.2. The third kappa shape index (κ3) is 6.81. The van der Waals surface area contributed by atoms with Gasteiger partial charge in [0, 0.05) is 12.1 Å². The lowest BCUT2D eigenvalue weighted by Crippen LogP contribution is -2.48. The van der Waals surface area contributed by atoms with Crippen molar-refractivity contribution in [2.75, 3.05) is 0 Å². The van der Waals surface area contributed by atoms with Gasteiger partial charge in [0.2, 0.25) is 0 Å². The zero-order valence-corrected chi connectivity index (χ0v) is 11.1. The molecule has 0 aromatic heterocycles. The number of carboxylic acids is 1. The molecule has 0 aliphatic heterocycles.